The summed E-state index contributed by atoms with van der Waals surface area (Å²) in [5.74, 6) is -1.75. The van der Waals surface area contributed by atoms with Gasteiger partial charge in [-0.05, 0) is 49.4 Å². The minimum Gasteiger partial charge on any atom is -0.461 e. The van der Waals surface area contributed by atoms with Gasteiger partial charge in [-0.3, -0.25) is 20.4 Å². The number of rotatable bonds is 8. The van der Waals surface area contributed by atoms with E-state index in [1.165, 1.54) is 34.6 Å². The van der Waals surface area contributed by atoms with Gasteiger partial charge in [0.1, 0.15) is 5.69 Å². The number of hydrazine groups is 1. The van der Waals surface area contributed by atoms with Crippen LogP contribution < -0.4 is 10.9 Å². The molecule has 1 heterocycles. The molecule has 0 saturated heterocycles. The lowest BCUT2D eigenvalue weighted by atomic mass is 10.1. The highest BCUT2D eigenvalue weighted by Crippen LogP contribution is 2.19. The number of carbonyl (C=O) groups is 3. The van der Waals surface area contributed by atoms with Crippen molar-refractivity contribution in [2.75, 3.05) is 19.7 Å². The number of amides is 2. The van der Waals surface area contributed by atoms with Gasteiger partial charge in [0.25, 0.3) is 11.8 Å². The monoisotopic (exact) mass is 486 g/mol. The van der Waals surface area contributed by atoms with Crippen molar-refractivity contribution >= 4 is 38.7 Å². The average molecular weight is 487 g/mol. The third kappa shape index (κ3) is 5.26. The zero-order valence-corrected chi connectivity index (χ0v) is 19.9. The first kappa shape index (κ1) is 24.9. The molecule has 2 aromatic carbocycles. The Morgan fingerprint density at radius 3 is 2.18 bits per heavy atom. The summed E-state index contributed by atoms with van der Waals surface area (Å²) in [7, 11) is -3.73. The minimum atomic E-state index is -3.73. The number of carbonyl (C=O) groups excluding carboxylic acids is 3. The third-order valence-electron chi connectivity index (χ3n) is 5.11. The van der Waals surface area contributed by atoms with Crippen LogP contribution in [0.15, 0.2) is 53.4 Å². The van der Waals surface area contributed by atoms with Gasteiger partial charge >= 0.3 is 5.97 Å². The number of nitrogens with zero attached hydrogens (tertiary/aromatic N) is 1. The zero-order chi connectivity index (χ0) is 24.9. The fourth-order valence-corrected chi connectivity index (χ4v) is 4.87. The number of hydrogen-bond donors (Lipinski definition) is 3. The summed E-state index contributed by atoms with van der Waals surface area (Å²) in [6.45, 7) is 6.02. The molecule has 1 aromatic heterocycles. The van der Waals surface area contributed by atoms with E-state index >= 15 is 0 Å². The number of benzene rings is 2. The van der Waals surface area contributed by atoms with E-state index in [0.717, 1.165) is 0 Å². The van der Waals surface area contributed by atoms with Crippen LogP contribution >= 0.6 is 0 Å². The van der Waals surface area contributed by atoms with Crippen LogP contribution in [-0.2, 0) is 14.8 Å². The highest BCUT2D eigenvalue weighted by molar-refractivity contribution is 7.89. The van der Waals surface area contributed by atoms with Gasteiger partial charge in [-0.2, -0.15) is 4.31 Å². The summed E-state index contributed by atoms with van der Waals surface area (Å²) in [4.78, 5) is 39.9. The molecule has 10 nitrogen and oxygen atoms in total. The van der Waals surface area contributed by atoms with Gasteiger partial charge in [0, 0.05) is 35.1 Å². The second-order valence-corrected chi connectivity index (χ2v) is 9.17. The highest BCUT2D eigenvalue weighted by Gasteiger charge is 2.22. The predicted molar refractivity (Wildman–Crippen MR) is 126 cm³/mol. The van der Waals surface area contributed by atoms with Crippen molar-refractivity contribution in [1.29, 1.82) is 0 Å². The molecule has 0 aliphatic carbocycles. The fraction of sp³-hybridized carbons (Fsp3) is 0.261. The first-order chi connectivity index (χ1) is 16.2. The second-order valence-electron chi connectivity index (χ2n) is 7.23. The summed E-state index contributed by atoms with van der Waals surface area (Å²) in [6, 6.07) is 11.9. The molecule has 0 atom stereocenters. The topological polar surface area (TPSA) is 138 Å². The van der Waals surface area contributed by atoms with E-state index in [-0.39, 0.29) is 28.3 Å². The first-order valence-electron chi connectivity index (χ1n) is 10.7. The zero-order valence-electron chi connectivity index (χ0n) is 19.0. The normalized spacial score (nSPS) is 11.4. The van der Waals surface area contributed by atoms with E-state index in [2.05, 4.69) is 15.8 Å². The molecule has 0 aliphatic heterocycles. The second kappa shape index (κ2) is 10.5. The Hall–Kier alpha value is -3.70. The molecular weight excluding hydrogens is 460 g/mol. The summed E-state index contributed by atoms with van der Waals surface area (Å²) in [5.41, 5.74) is 5.85. The Bertz CT molecular complexity index is 1330. The molecule has 0 unspecified atom stereocenters. The number of nitrogens with one attached hydrogen (secondary N) is 3. The molecule has 3 rings (SSSR count). The largest absolute Gasteiger partial charge is 0.461 e. The van der Waals surface area contributed by atoms with Crippen molar-refractivity contribution < 1.29 is 27.5 Å². The van der Waals surface area contributed by atoms with Crippen LogP contribution in [0, 0.1) is 0 Å². The molecule has 0 bridgehead atoms. The van der Waals surface area contributed by atoms with E-state index in [9.17, 15) is 22.8 Å². The Balaban J connectivity index is 1.71. The maximum atomic E-state index is 12.7. The van der Waals surface area contributed by atoms with Gasteiger partial charge in [-0.25, -0.2) is 13.2 Å². The van der Waals surface area contributed by atoms with Gasteiger partial charge in [0.2, 0.25) is 10.0 Å². The summed E-state index contributed by atoms with van der Waals surface area (Å²) in [5, 5.41) is 0.622. The lowest BCUT2D eigenvalue weighted by Crippen LogP contribution is -2.41. The van der Waals surface area contributed by atoms with Gasteiger partial charge < -0.3 is 9.72 Å². The molecular formula is C23H26N4O6S. The molecule has 180 valence electrons. The van der Waals surface area contributed by atoms with E-state index in [4.69, 9.17) is 4.74 Å². The fourth-order valence-electron chi connectivity index (χ4n) is 3.36. The van der Waals surface area contributed by atoms with Crippen LogP contribution in [0.25, 0.3) is 10.9 Å². The Labute approximate surface area is 197 Å². The SMILES string of the molecule is CCOC(=O)c1cc2cc(C(=O)NNC(=O)c3cccc(S(=O)(=O)N(CC)CC)c3)ccc2[nH]1. The quantitative estimate of drug-likeness (QED) is 0.330. The first-order valence-corrected chi connectivity index (χ1v) is 12.2. The van der Waals surface area contributed by atoms with Crippen LogP contribution in [-0.4, -0.2) is 55.2 Å². The van der Waals surface area contributed by atoms with Crippen LogP contribution in [0.2, 0.25) is 0 Å². The molecule has 11 heteroatoms. The molecule has 0 spiro atoms. The van der Waals surface area contributed by atoms with Crippen LogP contribution in [0.4, 0.5) is 0 Å². The van der Waals surface area contributed by atoms with E-state index in [1.54, 1.807) is 39.0 Å². The van der Waals surface area contributed by atoms with Crippen molar-refractivity contribution in [3.63, 3.8) is 0 Å². The predicted octanol–water partition coefficient (Wildman–Crippen LogP) is 2.45. The standard InChI is InChI=1S/C23H26N4O6S/c1-4-27(5-2)34(31,32)18-9-7-8-15(13-18)21(28)25-26-22(29)16-10-11-19-17(12-16)14-20(24-19)23(30)33-6-3/h7-14,24H,4-6H2,1-3H3,(H,25,28)(H,26,29). The van der Waals surface area contributed by atoms with Crippen molar-refractivity contribution in [2.24, 2.45) is 0 Å². The molecule has 0 aliphatic rings. The van der Waals surface area contributed by atoms with Gasteiger partial charge in [-0.15, -0.1) is 0 Å². The molecule has 0 saturated carbocycles. The molecule has 0 fully saturated rings. The number of hydrogen-bond acceptors (Lipinski definition) is 6. The Morgan fingerprint density at radius 2 is 1.56 bits per heavy atom. The molecule has 34 heavy (non-hydrogen) atoms. The van der Waals surface area contributed by atoms with E-state index in [0.29, 0.717) is 24.0 Å². The highest BCUT2D eigenvalue weighted by atomic mass is 32.2. The third-order valence-corrected chi connectivity index (χ3v) is 7.15. The number of aromatic amines is 1. The maximum Gasteiger partial charge on any atom is 0.354 e. The number of aromatic nitrogens is 1. The van der Waals surface area contributed by atoms with E-state index < -0.39 is 27.8 Å². The van der Waals surface area contributed by atoms with Gasteiger partial charge in [0.15, 0.2) is 0 Å². The number of sulfonamides is 1. The summed E-state index contributed by atoms with van der Waals surface area (Å²) < 4.78 is 31.6. The number of esters is 1. The van der Waals surface area contributed by atoms with E-state index in [1.807, 2.05) is 0 Å². The molecule has 3 N–H and O–H groups in total. The molecule has 3 aromatic rings. The van der Waals surface area contributed by atoms with Crippen molar-refractivity contribution in [1.82, 2.24) is 20.1 Å². The van der Waals surface area contributed by atoms with Crippen molar-refractivity contribution in [2.45, 2.75) is 25.7 Å². The van der Waals surface area contributed by atoms with Crippen LogP contribution in [0.5, 0.6) is 0 Å². The van der Waals surface area contributed by atoms with Crippen LogP contribution in [0.1, 0.15) is 52.0 Å². The van der Waals surface area contributed by atoms with Crippen molar-refractivity contribution in [3.05, 3.63) is 65.4 Å². The molecule has 0 radical (unpaired) electrons. The van der Waals surface area contributed by atoms with Gasteiger partial charge in [0.05, 0.1) is 11.5 Å². The number of fused-ring (bicyclic) bond motifs is 1. The van der Waals surface area contributed by atoms with Crippen LogP contribution in [0.3, 0.4) is 0 Å². The van der Waals surface area contributed by atoms with Crippen molar-refractivity contribution in [3.8, 4) is 0 Å². The molecule has 2 amide bonds. The Kier molecular flexibility index (Phi) is 7.69. The summed E-state index contributed by atoms with van der Waals surface area (Å²) >= 11 is 0. The lowest BCUT2D eigenvalue weighted by molar-refractivity contribution is 0.0520. The minimum absolute atomic E-state index is 0.00881. The smallest absolute Gasteiger partial charge is 0.354 e. The Morgan fingerprint density at radius 1 is 0.912 bits per heavy atom. The number of H-pyrrole nitrogens is 1. The summed E-state index contributed by atoms with van der Waals surface area (Å²) in [6.07, 6.45) is 0. The number of ether oxygens (including phenoxy) is 1. The maximum absolute atomic E-state index is 12.7. The lowest BCUT2D eigenvalue weighted by Gasteiger charge is -2.18. The average Bonchev–Trinajstić information content (AvgIpc) is 3.27. The van der Waals surface area contributed by atoms with Gasteiger partial charge in [-0.1, -0.05) is 19.9 Å².